The van der Waals surface area contributed by atoms with Gasteiger partial charge >= 0.3 is 12.1 Å². The fourth-order valence-corrected chi connectivity index (χ4v) is 1.57. The zero-order valence-corrected chi connectivity index (χ0v) is 11.2. The van der Waals surface area contributed by atoms with Gasteiger partial charge in [-0.2, -0.15) is 13.2 Å². The number of hydrogen-bond acceptors (Lipinski definition) is 3. The number of amides is 1. The van der Waals surface area contributed by atoms with Gasteiger partial charge in [-0.25, -0.2) is 0 Å². The van der Waals surface area contributed by atoms with E-state index in [1.165, 1.54) is 7.11 Å². The van der Waals surface area contributed by atoms with Crippen LogP contribution in [0, 0.1) is 0 Å². The molecule has 1 amide bonds. The van der Waals surface area contributed by atoms with Crippen molar-refractivity contribution in [3.63, 3.8) is 0 Å². The molecule has 0 bridgehead atoms. The van der Waals surface area contributed by atoms with E-state index in [2.05, 4.69) is 0 Å². The van der Waals surface area contributed by atoms with E-state index in [1.54, 1.807) is 18.2 Å². The maximum absolute atomic E-state index is 12.0. The second-order valence-corrected chi connectivity index (χ2v) is 3.92. The fourth-order valence-electron chi connectivity index (χ4n) is 1.57. The standard InChI is InChI=1S/C13H16F3NO3/c1-3-20-11-8-9(4-5-10(11)19-2)6-7-17-12(18)13(14,15)16/h4-5,8H,3,6-7H2,1-2H3,(H,17,18). The van der Waals surface area contributed by atoms with Gasteiger partial charge < -0.3 is 14.8 Å². The van der Waals surface area contributed by atoms with Crippen LogP contribution in [0.2, 0.25) is 0 Å². The number of alkyl halides is 3. The van der Waals surface area contributed by atoms with Gasteiger partial charge in [0.15, 0.2) is 11.5 Å². The summed E-state index contributed by atoms with van der Waals surface area (Å²) in [6.45, 7) is 2.16. The summed E-state index contributed by atoms with van der Waals surface area (Å²) in [4.78, 5) is 10.6. The van der Waals surface area contributed by atoms with E-state index < -0.39 is 12.1 Å². The van der Waals surface area contributed by atoms with Crippen molar-refractivity contribution in [2.75, 3.05) is 20.3 Å². The molecule has 7 heteroatoms. The molecule has 112 valence electrons. The molecule has 0 aliphatic heterocycles. The zero-order valence-electron chi connectivity index (χ0n) is 11.2. The van der Waals surface area contributed by atoms with E-state index in [0.29, 0.717) is 18.1 Å². The largest absolute Gasteiger partial charge is 0.493 e. The topological polar surface area (TPSA) is 47.6 Å². The van der Waals surface area contributed by atoms with Gasteiger partial charge in [0, 0.05) is 6.54 Å². The maximum atomic E-state index is 12.0. The third-order valence-corrected chi connectivity index (χ3v) is 2.48. The number of halogens is 3. The van der Waals surface area contributed by atoms with Gasteiger partial charge in [-0.15, -0.1) is 0 Å². The van der Waals surface area contributed by atoms with E-state index in [1.807, 2.05) is 12.2 Å². The molecule has 0 spiro atoms. The molecule has 20 heavy (non-hydrogen) atoms. The number of carbonyl (C=O) groups is 1. The molecule has 0 radical (unpaired) electrons. The van der Waals surface area contributed by atoms with Gasteiger partial charge in [-0.05, 0) is 31.0 Å². The summed E-state index contributed by atoms with van der Waals surface area (Å²) in [5.74, 6) is -0.861. The Balaban J connectivity index is 2.60. The predicted octanol–water partition coefficient (Wildman–Crippen LogP) is 2.31. The molecule has 0 fully saturated rings. The van der Waals surface area contributed by atoms with Gasteiger partial charge in [0.05, 0.1) is 13.7 Å². The summed E-state index contributed by atoms with van der Waals surface area (Å²) < 4.78 is 46.4. The molecule has 0 atom stereocenters. The first-order valence-corrected chi connectivity index (χ1v) is 6.03. The summed E-state index contributed by atoms with van der Waals surface area (Å²) in [6, 6.07) is 5.06. The van der Waals surface area contributed by atoms with Crippen molar-refractivity contribution < 1.29 is 27.4 Å². The zero-order chi connectivity index (χ0) is 15.2. The number of benzene rings is 1. The monoisotopic (exact) mass is 291 g/mol. The highest BCUT2D eigenvalue weighted by molar-refractivity contribution is 5.81. The summed E-state index contributed by atoms with van der Waals surface area (Å²) >= 11 is 0. The van der Waals surface area contributed by atoms with E-state index in [0.717, 1.165) is 5.56 Å². The number of methoxy groups -OCH3 is 1. The van der Waals surface area contributed by atoms with Crippen LogP contribution in [0.15, 0.2) is 18.2 Å². The SMILES string of the molecule is CCOc1cc(CCNC(=O)C(F)(F)F)ccc1OC. The number of ether oxygens (including phenoxy) is 2. The lowest BCUT2D eigenvalue weighted by Gasteiger charge is -2.12. The van der Waals surface area contributed by atoms with Crippen LogP contribution in [0.1, 0.15) is 12.5 Å². The van der Waals surface area contributed by atoms with E-state index in [9.17, 15) is 18.0 Å². The van der Waals surface area contributed by atoms with Crippen LogP contribution in [0.25, 0.3) is 0 Å². The fraction of sp³-hybridized carbons (Fsp3) is 0.462. The van der Waals surface area contributed by atoms with Crippen molar-refractivity contribution >= 4 is 5.91 Å². The summed E-state index contributed by atoms with van der Waals surface area (Å²) in [5.41, 5.74) is 0.747. The molecule has 0 aromatic heterocycles. The Morgan fingerprint density at radius 1 is 1.30 bits per heavy atom. The lowest BCUT2D eigenvalue weighted by Crippen LogP contribution is -2.37. The minimum Gasteiger partial charge on any atom is -0.493 e. The Morgan fingerprint density at radius 2 is 2.00 bits per heavy atom. The van der Waals surface area contributed by atoms with Gasteiger partial charge in [0.25, 0.3) is 0 Å². The molecule has 1 aromatic rings. The molecule has 0 saturated heterocycles. The number of carbonyl (C=O) groups excluding carboxylic acids is 1. The molecule has 1 rings (SSSR count). The van der Waals surface area contributed by atoms with Crippen LogP contribution in [-0.4, -0.2) is 32.3 Å². The highest BCUT2D eigenvalue weighted by Gasteiger charge is 2.38. The minimum atomic E-state index is -4.85. The predicted molar refractivity (Wildman–Crippen MR) is 66.9 cm³/mol. The van der Waals surface area contributed by atoms with Crippen molar-refractivity contribution in [2.24, 2.45) is 0 Å². The third kappa shape index (κ3) is 4.64. The first-order valence-electron chi connectivity index (χ1n) is 6.03. The summed E-state index contributed by atoms with van der Waals surface area (Å²) in [5, 5.41) is 1.82. The van der Waals surface area contributed by atoms with Crippen molar-refractivity contribution in [2.45, 2.75) is 19.5 Å². The molecule has 1 N–H and O–H groups in total. The summed E-state index contributed by atoms with van der Waals surface area (Å²) in [6.07, 6.45) is -4.58. The minimum absolute atomic E-state index is 0.101. The van der Waals surface area contributed by atoms with Crippen LogP contribution in [0.4, 0.5) is 13.2 Å². The van der Waals surface area contributed by atoms with Crippen molar-refractivity contribution in [3.8, 4) is 11.5 Å². The molecular formula is C13H16F3NO3. The number of nitrogens with one attached hydrogen (secondary N) is 1. The third-order valence-electron chi connectivity index (χ3n) is 2.48. The molecular weight excluding hydrogens is 275 g/mol. The van der Waals surface area contributed by atoms with Crippen LogP contribution < -0.4 is 14.8 Å². The highest BCUT2D eigenvalue weighted by atomic mass is 19.4. The quantitative estimate of drug-likeness (QED) is 0.875. The average Bonchev–Trinajstić information content (AvgIpc) is 2.38. The maximum Gasteiger partial charge on any atom is 0.471 e. The van der Waals surface area contributed by atoms with Crippen LogP contribution >= 0.6 is 0 Å². The number of rotatable bonds is 6. The average molecular weight is 291 g/mol. The van der Waals surface area contributed by atoms with Crippen LogP contribution in [0.3, 0.4) is 0 Å². The molecule has 0 aliphatic rings. The lowest BCUT2D eigenvalue weighted by atomic mass is 10.1. The molecule has 4 nitrogen and oxygen atoms in total. The Labute approximate surface area is 114 Å². The van der Waals surface area contributed by atoms with Crippen LogP contribution in [-0.2, 0) is 11.2 Å². The first-order chi connectivity index (χ1) is 9.38. The second kappa shape index (κ2) is 7.02. The van der Waals surface area contributed by atoms with Gasteiger partial charge in [0.1, 0.15) is 0 Å². The van der Waals surface area contributed by atoms with Crippen LogP contribution in [0.5, 0.6) is 11.5 Å². The molecule has 1 aromatic carbocycles. The second-order valence-electron chi connectivity index (χ2n) is 3.92. The number of hydrogen-bond donors (Lipinski definition) is 1. The molecule has 0 saturated carbocycles. The van der Waals surface area contributed by atoms with E-state index in [4.69, 9.17) is 9.47 Å². The van der Waals surface area contributed by atoms with E-state index in [-0.39, 0.29) is 13.0 Å². The van der Waals surface area contributed by atoms with Gasteiger partial charge in [-0.3, -0.25) is 4.79 Å². The molecule has 0 unspecified atom stereocenters. The smallest absolute Gasteiger partial charge is 0.471 e. The van der Waals surface area contributed by atoms with Crippen molar-refractivity contribution in [3.05, 3.63) is 23.8 Å². The lowest BCUT2D eigenvalue weighted by molar-refractivity contribution is -0.173. The van der Waals surface area contributed by atoms with Gasteiger partial charge in [0.2, 0.25) is 0 Å². The highest BCUT2D eigenvalue weighted by Crippen LogP contribution is 2.28. The molecule has 0 aliphatic carbocycles. The van der Waals surface area contributed by atoms with Gasteiger partial charge in [-0.1, -0.05) is 6.07 Å². The Kier molecular flexibility index (Phi) is 5.66. The van der Waals surface area contributed by atoms with Crippen molar-refractivity contribution in [1.82, 2.24) is 5.32 Å². The Morgan fingerprint density at radius 3 is 2.55 bits per heavy atom. The summed E-state index contributed by atoms with van der Waals surface area (Å²) in [7, 11) is 1.50. The normalized spacial score (nSPS) is 11.1. The Bertz CT molecular complexity index is 461. The first kappa shape index (κ1) is 16.1. The van der Waals surface area contributed by atoms with E-state index >= 15 is 0 Å². The Hall–Kier alpha value is -1.92. The molecule has 0 heterocycles. The van der Waals surface area contributed by atoms with Crippen molar-refractivity contribution in [1.29, 1.82) is 0 Å².